The fourth-order valence-electron chi connectivity index (χ4n) is 2.54. The minimum Gasteiger partial charge on any atom is -0.488 e. The molecule has 1 aliphatic rings. The molecule has 1 heterocycles. The fraction of sp³-hybridized carbons (Fsp3) is 0.625. The Kier molecular flexibility index (Phi) is 5.82. The van der Waals surface area contributed by atoms with E-state index in [1.54, 1.807) is 19.2 Å². The van der Waals surface area contributed by atoms with Gasteiger partial charge in [0.15, 0.2) is 0 Å². The van der Waals surface area contributed by atoms with Crippen LogP contribution >= 0.6 is 0 Å². The van der Waals surface area contributed by atoms with Crippen LogP contribution in [-0.4, -0.2) is 39.0 Å². The third kappa shape index (κ3) is 4.58. The normalized spacial score (nSPS) is 17.8. The minimum atomic E-state index is -0.239. The highest BCUT2D eigenvalue weighted by molar-refractivity contribution is 5.59. The van der Waals surface area contributed by atoms with E-state index in [-0.39, 0.29) is 18.0 Å². The summed E-state index contributed by atoms with van der Waals surface area (Å²) in [7, 11) is 1.67. The molecule has 0 aliphatic carbocycles. The molecule has 1 unspecified atom stereocenters. The van der Waals surface area contributed by atoms with E-state index in [9.17, 15) is 4.39 Å². The second-order valence-corrected chi connectivity index (χ2v) is 5.65. The van der Waals surface area contributed by atoms with Crippen molar-refractivity contribution in [1.29, 1.82) is 0 Å². The summed E-state index contributed by atoms with van der Waals surface area (Å²) in [6.07, 6.45) is 2.68. The highest BCUT2D eigenvalue weighted by Gasteiger charge is 2.20. The number of ether oxygens (including phenoxy) is 2. The molecule has 1 aromatic carbocycles. The van der Waals surface area contributed by atoms with E-state index in [0.717, 1.165) is 43.8 Å². The lowest BCUT2D eigenvalue weighted by molar-refractivity contribution is 0.135. The first-order valence-electron chi connectivity index (χ1n) is 7.56. The van der Waals surface area contributed by atoms with Gasteiger partial charge in [-0.1, -0.05) is 0 Å². The molecule has 0 amide bonds. The van der Waals surface area contributed by atoms with Crippen LogP contribution < -0.4 is 15.4 Å². The largest absolute Gasteiger partial charge is 0.488 e. The number of hydrogen-bond donors (Lipinski definition) is 1. The number of rotatable bonds is 6. The van der Waals surface area contributed by atoms with Gasteiger partial charge in [0.05, 0.1) is 11.8 Å². The fourth-order valence-corrected chi connectivity index (χ4v) is 2.54. The second-order valence-electron chi connectivity index (χ2n) is 5.65. The van der Waals surface area contributed by atoms with Crippen LogP contribution in [0.5, 0.6) is 5.75 Å². The Labute approximate surface area is 126 Å². The van der Waals surface area contributed by atoms with Gasteiger partial charge in [-0.2, -0.15) is 0 Å². The number of benzene rings is 1. The third-order valence-electron chi connectivity index (χ3n) is 3.86. The van der Waals surface area contributed by atoms with Crippen LogP contribution in [0.2, 0.25) is 0 Å². The Bertz CT molecular complexity index is 448. The van der Waals surface area contributed by atoms with E-state index in [0.29, 0.717) is 6.61 Å². The van der Waals surface area contributed by atoms with Crippen molar-refractivity contribution in [3.63, 3.8) is 0 Å². The van der Waals surface area contributed by atoms with Gasteiger partial charge in [0, 0.05) is 45.3 Å². The monoisotopic (exact) mass is 296 g/mol. The van der Waals surface area contributed by atoms with Crippen molar-refractivity contribution in [3.05, 3.63) is 24.0 Å². The van der Waals surface area contributed by atoms with Crippen LogP contribution in [0.3, 0.4) is 0 Å². The lowest BCUT2D eigenvalue weighted by Crippen LogP contribution is -2.40. The molecule has 2 N–H and O–H groups in total. The topological polar surface area (TPSA) is 47.7 Å². The molecule has 0 bridgehead atoms. The predicted molar refractivity (Wildman–Crippen MR) is 82.4 cm³/mol. The molecule has 1 fully saturated rings. The molecule has 2 rings (SSSR count). The average Bonchev–Trinajstić information content (AvgIpc) is 2.48. The molecule has 0 aromatic heterocycles. The molecule has 1 aromatic rings. The smallest absolute Gasteiger partial charge is 0.143 e. The van der Waals surface area contributed by atoms with Crippen molar-refractivity contribution in [3.8, 4) is 5.75 Å². The van der Waals surface area contributed by atoms with Crippen molar-refractivity contribution in [2.45, 2.75) is 38.3 Å². The number of anilines is 1. The van der Waals surface area contributed by atoms with Gasteiger partial charge in [-0.05, 0) is 31.9 Å². The van der Waals surface area contributed by atoms with Crippen LogP contribution in [0.25, 0.3) is 0 Å². The number of nitrogens with zero attached hydrogens (tertiary/aromatic N) is 1. The molecule has 0 spiro atoms. The first kappa shape index (κ1) is 16.0. The van der Waals surface area contributed by atoms with Gasteiger partial charge in [0.1, 0.15) is 11.6 Å². The molecule has 21 heavy (non-hydrogen) atoms. The zero-order valence-electron chi connectivity index (χ0n) is 12.8. The molecule has 0 saturated carbocycles. The van der Waals surface area contributed by atoms with E-state index in [1.165, 1.54) is 6.07 Å². The summed E-state index contributed by atoms with van der Waals surface area (Å²) >= 11 is 0. The lowest BCUT2D eigenvalue weighted by atomic mass is 10.1. The minimum absolute atomic E-state index is 0.0289. The molecule has 5 heteroatoms. The highest BCUT2D eigenvalue weighted by atomic mass is 19.1. The molecule has 1 saturated heterocycles. The Morgan fingerprint density at radius 2 is 2.10 bits per heavy atom. The van der Waals surface area contributed by atoms with Gasteiger partial charge >= 0.3 is 0 Å². The summed E-state index contributed by atoms with van der Waals surface area (Å²) in [6, 6.07) is 4.95. The Morgan fingerprint density at radius 1 is 1.38 bits per heavy atom. The van der Waals surface area contributed by atoms with E-state index in [4.69, 9.17) is 15.2 Å². The number of nitrogens with two attached hydrogens (primary N) is 1. The number of piperidine rings is 1. The maximum atomic E-state index is 13.6. The van der Waals surface area contributed by atoms with Gasteiger partial charge in [-0.3, -0.25) is 0 Å². The van der Waals surface area contributed by atoms with Gasteiger partial charge in [-0.15, -0.1) is 0 Å². The molecule has 0 radical (unpaired) electrons. The van der Waals surface area contributed by atoms with E-state index in [1.807, 2.05) is 6.92 Å². The summed E-state index contributed by atoms with van der Waals surface area (Å²) in [5.74, 6) is 0.493. The maximum absolute atomic E-state index is 13.6. The zero-order chi connectivity index (χ0) is 15.2. The quantitative estimate of drug-likeness (QED) is 0.876. The van der Waals surface area contributed by atoms with Crippen molar-refractivity contribution >= 4 is 5.69 Å². The van der Waals surface area contributed by atoms with Gasteiger partial charge in [0.2, 0.25) is 0 Å². The van der Waals surface area contributed by atoms with Crippen LogP contribution in [0.15, 0.2) is 18.2 Å². The maximum Gasteiger partial charge on any atom is 0.143 e. The lowest BCUT2D eigenvalue weighted by Gasteiger charge is -2.33. The summed E-state index contributed by atoms with van der Waals surface area (Å²) < 4.78 is 24.6. The zero-order valence-corrected chi connectivity index (χ0v) is 12.8. The Morgan fingerprint density at radius 3 is 2.76 bits per heavy atom. The summed E-state index contributed by atoms with van der Waals surface area (Å²) in [6.45, 7) is 4.33. The number of methoxy groups -OCH3 is 1. The number of halogens is 1. The summed E-state index contributed by atoms with van der Waals surface area (Å²) in [5.41, 5.74) is 6.76. The van der Waals surface area contributed by atoms with E-state index >= 15 is 0 Å². The van der Waals surface area contributed by atoms with Gasteiger partial charge in [0.25, 0.3) is 0 Å². The summed E-state index contributed by atoms with van der Waals surface area (Å²) in [4.78, 5) is 2.16. The van der Waals surface area contributed by atoms with E-state index < -0.39 is 0 Å². The second kappa shape index (κ2) is 7.61. The van der Waals surface area contributed by atoms with Crippen LogP contribution in [-0.2, 0) is 4.74 Å². The number of hydrogen-bond acceptors (Lipinski definition) is 4. The molecule has 1 atom stereocenters. The average molecular weight is 296 g/mol. The third-order valence-corrected chi connectivity index (χ3v) is 3.86. The highest BCUT2D eigenvalue weighted by Crippen LogP contribution is 2.32. The Hall–Kier alpha value is -1.33. The van der Waals surface area contributed by atoms with E-state index in [2.05, 4.69) is 4.90 Å². The van der Waals surface area contributed by atoms with Crippen molar-refractivity contribution in [1.82, 2.24) is 0 Å². The first-order valence-corrected chi connectivity index (χ1v) is 7.56. The molecule has 1 aliphatic heterocycles. The van der Waals surface area contributed by atoms with Gasteiger partial charge in [-0.25, -0.2) is 4.39 Å². The van der Waals surface area contributed by atoms with Crippen LogP contribution in [0.1, 0.15) is 26.2 Å². The van der Waals surface area contributed by atoms with Crippen LogP contribution in [0.4, 0.5) is 10.1 Å². The molecular formula is C16H25FN2O2. The SMILES string of the molecule is COCCC(C)Oc1ccc(F)cc1N1CCC(N)CC1. The first-order chi connectivity index (χ1) is 10.1. The van der Waals surface area contributed by atoms with Crippen molar-refractivity contribution in [2.24, 2.45) is 5.73 Å². The summed E-state index contributed by atoms with van der Waals surface area (Å²) in [5, 5.41) is 0. The molecular weight excluding hydrogens is 271 g/mol. The van der Waals surface area contributed by atoms with Gasteiger partial charge < -0.3 is 20.1 Å². The molecule has 4 nitrogen and oxygen atoms in total. The molecule has 118 valence electrons. The van der Waals surface area contributed by atoms with Crippen molar-refractivity contribution in [2.75, 3.05) is 31.7 Å². The van der Waals surface area contributed by atoms with Crippen molar-refractivity contribution < 1.29 is 13.9 Å². The van der Waals surface area contributed by atoms with Crippen LogP contribution in [0, 0.1) is 5.82 Å². The predicted octanol–water partition coefficient (Wildman–Crippen LogP) is 2.56. The Balaban J connectivity index is 2.09. The standard InChI is InChI=1S/C16H25FN2O2/c1-12(7-10-20-2)21-16-4-3-13(17)11-15(16)19-8-5-14(18)6-9-19/h3-4,11-12,14H,5-10,18H2,1-2H3.